The smallest absolute Gasteiger partial charge is 0.246 e. The summed E-state index contributed by atoms with van der Waals surface area (Å²) in [6.07, 6.45) is 4.30. The van der Waals surface area contributed by atoms with E-state index in [0.29, 0.717) is 31.1 Å². The average Bonchev–Trinajstić information content (AvgIpc) is 2.45. The van der Waals surface area contributed by atoms with Crippen LogP contribution < -0.4 is 10.5 Å². The fourth-order valence-corrected chi connectivity index (χ4v) is 1.82. The van der Waals surface area contributed by atoms with Gasteiger partial charge in [-0.1, -0.05) is 13.0 Å². The van der Waals surface area contributed by atoms with E-state index in [9.17, 15) is 4.79 Å². The third kappa shape index (κ3) is 4.61. The summed E-state index contributed by atoms with van der Waals surface area (Å²) in [6, 6.07) is 5.55. The molecule has 0 fully saturated rings. The monoisotopic (exact) mass is 276 g/mol. The Morgan fingerprint density at radius 1 is 1.30 bits per heavy atom. The lowest BCUT2D eigenvalue weighted by molar-refractivity contribution is -0.125. The molecule has 0 saturated heterocycles. The first-order valence-corrected chi connectivity index (χ1v) is 7.11. The third-order valence-corrected chi connectivity index (χ3v) is 2.99. The molecule has 0 heterocycles. The summed E-state index contributed by atoms with van der Waals surface area (Å²) in [5.41, 5.74) is 7.42. The molecule has 0 unspecified atom stereocenters. The van der Waals surface area contributed by atoms with Crippen LogP contribution in [0.2, 0.25) is 0 Å². The summed E-state index contributed by atoms with van der Waals surface area (Å²) in [4.78, 5) is 13.6. The zero-order valence-electron chi connectivity index (χ0n) is 12.6. The van der Waals surface area contributed by atoms with Crippen molar-refractivity contribution < 1.29 is 9.53 Å². The molecule has 0 aliphatic carbocycles. The number of carbonyl (C=O) groups excluding carboxylic acids is 1. The fourth-order valence-electron chi connectivity index (χ4n) is 1.82. The van der Waals surface area contributed by atoms with Gasteiger partial charge in [-0.3, -0.25) is 4.79 Å². The topological polar surface area (TPSA) is 55.6 Å². The highest BCUT2D eigenvalue weighted by Gasteiger charge is 2.05. The molecule has 0 atom stereocenters. The Bertz CT molecular complexity index is 466. The van der Waals surface area contributed by atoms with E-state index in [-0.39, 0.29) is 5.91 Å². The van der Waals surface area contributed by atoms with Gasteiger partial charge in [-0.05, 0) is 44.0 Å². The normalized spacial score (nSPS) is 10.8. The predicted molar refractivity (Wildman–Crippen MR) is 83.6 cm³/mol. The number of benzene rings is 1. The van der Waals surface area contributed by atoms with Crippen molar-refractivity contribution in [1.82, 2.24) is 4.90 Å². The second-order valence-electron chi connectivity index (χ2n) is 4.49. The van der Waals surface area contributed by atoms with Crippen molar-refractivity contribution in [3.8, 4) is 5.75 Å². The van der Waals surface area contributed by atoms with Gasteiger partial charge in [0.2, 0.25) is 5.91 Å². The van der Waals surface area contributed by atoms with Gasteiger partial charge in [0, 0.05) is 19.2 Å². The molecule has 1 amide bonds. The number of nitrogens with zero attached hydrogens (tertiary/aromatic N) is 1. The van der Waals surface area contributed by atoms with Crippen molar-refractivity contribution >= 4 is 17.7 Å². The maximum absolute atomic E-state index is 11.9. The number of carbonyl (C=O) groups is 1. The Morgan fingerprint density at radius 2 is 2.00 bits per heavy atom. The van der Waals surface area contributed by atoms with Gasteiger partial charge >= 0.3 is 0 Å². The van der Waals surface area contributed by atoms with Gasteiger partial charge in [0.15, 0.2) is 0 Å². The predicted octanol–water partition coefficient (Wildman–Crippen LogP) is 2.94. The number of ether oxygens (including phenoxy) is 1. The molecule has 20 heavy (non-hydrogen) atoms. The number of nitrogens with two attached hydrogens (primary N) is 1. The van der Waals surface area contributed by atoms with Crippen LogP contribution in [0, 0.1) is 0 Å². The van der Waals surface area contributed by atoms with Crippen LogP contribution in [0.3, 0.4) is 0 Å². The van der Waals surface area contributed by atoms with Gasteiger partial charge in [-0.15, -0.1) is 0 Å². The first kappa shape index (κ1) is 16.1. The number of anilines is 1. The molecule has 2 N–H and O–H groups in total. The van der Waals surface area contributed by atoms with E-state index >= 15 is 0 Å². The molecule has 110 valence electrons. The van der Waals surface area contributed by atoms with Crippen LogP contribution in [0.5, 0.6) is 5.75 Å². The summed E-state index contributed by atoms with van der Waals surface area (Å²) in [6.45, 7) is 8.06. The summed E-state index contributed by atoms with van der Waals surface area (Å²) < 4.78 is 5.52. The highest BCUT2D eigenvalue weighted by atomic mass is 16.5. The lowest BCUT2D eigenvalue weighted by atomic mass is 10.1. The summed E-state index contributed by atoms with van der Waals surface area (Å²) >= 11 is 0. The highest BCUT2D eigenvalue weighted by molar-refractivity contribution is 5.91. The second-order valence-corrected chi connectivity index (χ2v) is 4.49. The molecule has 1 rings (SSSR count). The Balaban J connectivity index is 2.73. The number of amides is 1. The molecule has 0 aliphatic heterocycles. The molecule has 1 aromatic rings. The van der Waals surface area contributed by atoms with E-state index < -0.39 is 0 Å². The van der Waals surface area contributed by atoms with E-state index in [1.54, 1.807) is 17.1 Å². The summed E-state index contributed by atoms with van der Waals surface area (Å²) in [7, 11) is 0. The zero-order valence-corrected chi connectivity index (χ0v) is 12.6. The number of hydrogen-bond acceptors (Lipinski definition) is 3. The Kier molecular flexibility index (Phi) is 6.64. The van der Waals surface area contributed by atoms with Crippen molar-refractivity contribution in [2.75, 3.05) is 25.4 Å². The molecular weight excluding hydrogens is 252 g/mol. The fraction of sp³-hybridized carbons (Fsp3) is 0.438. The molecule has 0 aliphatic rings. The first-order valence-electron chi connectivity index (χ1n) is 7.11. The molecule has 0 spiro atoms. The minimum atomic E-state index is 0.0138. The van der Waals surface area contributed by atoms with Crippen LogP contribution in [0.15, 0.2) is 24.3 Å². The van der Waals surface area contributed by atoms with E-state index in [1.165, 1.54) is 0 Å². The van der Waals surface area contributed by atoms with Crippen molar-refractivity contribution in [3.05, 3.63) is 29.8 Å². The minimum Gasteiger partial charge on any atom is -0.491 e. The molecule has 4 nitrogen and oxygen atoms in total. The maximum Gasteiger partial charge on any atom is 0.246 e. The van der Waals surface area contributed by atoms with Crippen molar-refractivity contribution in [2.24, 2.45) is 0 Å². The number of rotatable bonds is 7. The van der Waals surface area contributed by atoms with Crippen LogP contribution in [-0.4, -0.2) is 30.5 Å². The van der Waals surface area contributed by atoms with Gasteiger partial charge in [-0.25, -0.2) is 0 Å². The Morgan fingerprint density at radius 3 is 2.55 bits per heavy atom. The SMILES string of the molecule is CCCOc1ccc(/C=C\C(=O)N(CC)CC)cc1N. The van der Waals surface area contributed by atoms with E-state index in [0.717, 1.165) is 12.0 Å². The van der Waals surface area contributed by atoms with Crippen LogP contribution in [0.25, 0.3) is 6.08 Å². The zero-order chi connectivity index (χ0) is 15.0. The van der Waals surface area contributed by atoms with Crippen molar-refractivity contribution in [3.63, 3.8) is 0 Å². The lowest BCUT2D eigenvalue weighted by Crippen LogP contribution is -2.28. The number of hydrogen-bond donors (Lipinski definition) is 1. The first-order chi connectivity index (χ1) is 9.62. The van der Waals surface area contributed by atoms with Gasteiger partial charge in [0.05, 0.1) is 12.3 Å². The molecule has 1 aromatic carbocycles. The molecule has 0 bridgehead atoms. The second kappa shape index (κ2) is 8.25. The van der Waals surface area contributed by atoms with Crippen molar-refractivity contribution in [1.29, 1.82) is 0 Å². The van der Waals surface area contributed by atoms with Crippen LogP contribution in [-0.2, 0) is 4.79 Å². The molecule has 0 saturated carbocycles. The van der Waals surface area contributed by atoms with Crippen molar-refractivity contribution in [2.45, 2.75) is 27.2 Å². The van der Waals surface area contributed by atoms with Crippen LogP contribution >= 0.6 is 0 Å². The molecule has 0 radical (unpaired) electrons. The quantitative estimate of drug-likeness (QED) is 0.615. The highest BCUT2D eigenvalue weighted by Crippen LogP contribution is 2.23. The lowest BCUT2D eigenvalue weighted by Gasteiger charge is -2.15. The van der Waals surface area contributed by atoms with E-state index in [2.05, 4.69) is 0 Å². The molecular formula is C16H24N2O2. The molecule has 4 heteroatoms. The van der Waals surface area contributed by atoms with Crippen LogP contribution in [0.1, 0.15) is 32.8 Å². The molecule has 0 aromatic heterocycles. The van der Waals surface area contributed by atoms with E-state index in [1.807, 2.05) is 39.0 Å². The van der Waals surface area contributed by atoms with E-state index in [4.69, 9.17) is 10.5 Å². The summed E-state index contributed by atoms with van der Waals surface area (Å²) in [5, 5.41) is 0. The number of likely N-dealkylation sites (N-methyl/N-ethyl adjacent to an activating group) is 1. The maximum atomic E-state index is 11.9. The Labute approximate surface area is 121 Å². The number of nitrogen functional groups attached to an aromatic ring is 1. The standard InChI is InChI=1S/C16H24N2O2/c1-4-11-20-15-9-7-13(12-14(15)17)8-10-16(19)18(5-2)6-3/h7-10,12H,4-6,11,17H2,1-3H3/b10-8-. The van der Waals surface area contributed by atoms with Crippen LogP contribution in [0.4, 0.5) is 5.69 Å². The largest absolute Gasteiger partial charge is 0.491 e. The van der Waals surface area contributed by atoms with Gasteiger partial charge in [0.1, 0.15) is 5.75 Å². The Hall–Kier alpha value is -1.97. The van der Waals surface area contributed by atoms with Gasteiger partial charge < -0.3 is 15.4 Å². The average molecular weight is 276 g/mol. The van der Waals surface area contributed by atoms with Gasteiger partial charge in [0.25, 0.3) is 0 Å². The third-order valence-electron chi connectivity index (χ3n) is 2.99. The minimum absolute atomic E-state index is 0.0138. The summed E-state index contributed by atoms with van der Waals surface area (Å²) in [5.74, 6) is 0.707. The van der Waals surface area contributed by atoms with Gasteiger partial charge in [-0.2, -0.15) is 0 Å².